The van der Waals surface area contributed by atoms with Crippen molar-refractivity contribution in [1.29, 1.82) is 0 Å². The molecule has 1 atom stereocenters. The fourth-order valence-corrected chi connectivity index (χ4v) is 4.49. The zero-order valence-corrected chi connectivity index (χ0v) is 51.2. The second-order valence-corrected chi connectivity index (χ2v) is 23.1. The van der Waals surface area contributed by atoms with Gasteiger partial charge in [0.05, 0.1) is 0 Å². The lowest BCUT2D eigenvalue weighted by molar-refractivity contribution is 0.407. The van der Waals surface area contributed by atoms with Gasteiger partial charge < -0.3 is 0 Å². The minimum atomic E-state index is 0.766. The van der Waals surface area contributed by atoms with Crippen LogP contribution in [0.1, 0.15) is 304 Å². The first-order valence-corrected chi connectivity index (χ1v) is 28.0. The molecule has 1 rings (SSSR count). The summed E-state index contributed by atoms with van der Waals surface area (Å²) in [6.07, 6.45) is 18.9. The molecule has 0 N–H and O–H groups in total. The highest BCUT2D eigenvalue weighted by Gasteiger charge is 2.01. The van der Waals surface area contributed by atoms with Gasteiger partial charge in [0, 0.05) is 0 Å². The van der Waals surface area contributed by atoms with E-state index in [2.05, 4.69) is 245 Å². The summed E-state index contributed by atoms with van der Waals surface area (Å²) in [5, 5.41) is 0. The van der Waals surface area contributed by atoms with Crippen LogP contribution in [0.3, 0.4) is 0 Å². The van der Waals surface area contributed by atoms with Gasteiger partial charge in [0.2, 0.25) is 0 Å². The van der Waals surface area contributed by atoms with E-state index >= 15 is 0 Å². The maximum Gasteiger partial charge on any atom is -0.0256 e. The molecule has 0 saturated carbocycles. The zero-order chi connectivity index (χ0) is 51.9. The third-order valence-corrected chi connectivity index (χ3v) is 9.75. The Kier molecular flexibility index (Phi) is 88.6. The van der Waals surface area contributed by atoms with Crippen molar-refractivity contribution in [3.63, 3.8) is 0 Å². The summed E-state index contributed by atoms with van der Waals surface area (Å²) in [6, 6.07) is 10.6. The normalized spacial score (nSPS) is 10.6. The molecule has 0 saturated heterocycles. The van der Waals surface area contributed by atoms with Crippen LogP contribution in [-0.4, -0.2) is 0 Å². The highest BCUT2D eigenvalue weighted by molar-refractivity contribution is 5.14. The van der Waals surface area contributed by atoms with Crippen LogP contribution < -0.4 is 0 Å². The highest BCUT2D eigenvalue weighted by Crippen LogP contribution is 2.12. The SMILES string of the molecule is CC(C)C.CC(C)C(C)C.CC(C)CC(C)C.CC(C)Cc1ccccc1.CCC.CCC(C)C.CCC(C)C(C)C.CCCC(C)C.CCCCC(C)C.CCCCCC(C)C. The van der Waals surface area contributed by atoms with Gasteiger partial charge in [-0.25, -0.2) is 0 Å². The maximum atomic E-state index is 2.30. The lowest BCUT2D eigenvalue weighted by atomic mass is 9.96. The molecule has 0 aliphatic rings. The molecular weight excluding hydrogens is 757 g/mol. The fraction of sp³-hybridized carbons (Fsp3) is 0.905. The number of rotatable bonds is 17. The average molecular weight is 896 g/mol. The Bertz CT molecular complexity index is 774. The molecule has 0 fully saturated rings. The van der Waals surface area contributed by atoms with Crippen molar-refractivity contribution in [1.82, 2.24) is 0 Å². The van der Waals surface area contributed by atoms with Crippen molar-refractivity contribution in [2.24, 2.45) is 71.0 Å². The van der Waals surface area contributed by atoms with E-state index in [9.17, 15) is 0 Å². The number of unbranched alkanes of at least 4 members (excludes halogenated alkanes) is 3. The van der Waals surface area contributed by atoms with Crippen LogP contribution in [0.15, 0.2) is 30.3 Å². The molecule has 0 radical (unpaired) electrons. The Hall–Kier alpha value is -0.780. The Morgan fingerprint density at radius 2 is 0.667 bits per heavy atom. The summed E-state index contributed by atoms with van der Waals surface area (Å²) >= 11 is 0. The minimum absolute atomic E-state index is 0.766. The zero-order valence-electron chi connectivity index (χ0n) is 51.2. The molecule has 63 heavy (non-hydrogen) atoms. The van der Waals surface area contributed by atoms with Gasteiger partial charge in [-0.1, -0.05) is 322 Å². The Balaban J connectivity index is -0.0000000745. The quantitative estimate of drug-likeness (QED) is 0.137. The molecule has 1 aromatic rings. The van der Waals surface area contributed by atoms with E-state index < -0.39 is 0 Å². The van der Waals surface area contributed by atoms with E-state index in [1.807, 2.05) is 0 Å². The molecule has 0 aromatic heterocycles. The van der Waals surface area contributed by atoms with E-state index in [4.69, 9.17) is 0 Å². The van der Waals surface area contributed by atoms with Crippen molar-refractivity contribution in [3.8, 4) is 0 Å². The first-order chi connectivity index (χ1) is 29.0. The van der Waals surface area contributed by atoms with Gasteiger partial charge in [-0.2, -0.15) is 0 Å². The van der Waals surface area contributed by atoms with Crippen LogP contribution in [0.4, 0.5) is 0 Å². The van der Waals surface area contributed by atoms with Gasteiger partial charge in [0.15, 0.2) is 0 Å². The van der Waals surface area contributed by atoms with E-state index in [1.54, 1.807) is 0 Å². The Morgan fingerprint density at radius 3 is 0.810 bits per heavy atom. The predicted molar refractivity (Wildman–Crippen MR) is 308 cm³/mol. The Labute approximate surface area is 409 Å². The maximum absolute atomic E-state index is 2.30. The molecule has 1 aromatic carbocycles. The molecule has 0 nitrogen and oxygen atoms in total. The summed E-state index contributed by atoms with van der Waals surface area (Å²) in [5.41, 5.74) is 1.44. The molecule has 0 bridgehead atoms. The van der Waals surface area contributed by atoms with Crippen LogP contribution in [0, 0.1) is 71.0 Å². The van der Waals surface area contributed by atoms with Gasteiger partial charge in [0.25, 0.3) is 0 Å². The Morgan fingerprint density at radius 1 is 0.333 bits per heavy atom. The van der Waals surface area contributed by atoms with Crippen molar-refractivity contribution < 1.29 is 0 Å². The fourth-order valence-electron chi connectivity index (χ4n) is 4.49. The van der Waals surface area contributed by atoms with Gasteiger partial charge >= 0.3 is 0 Å². The molecule has 0 heterocycles. The average Bonchev–Trinajstić information content (AvgIpc) is 3.15. The molecule has 390 valence electrons. The van der Waals surface area contributed by atoms with Crippen LogP contribution in [-0.2, 0) is 6.42 Å². The number of hydrogen-bond acceptors (Lipinski definition) is 0. The molecule has 1 unspecified atom stereocenters. The van der Waals surface area contributed by atoms with Gasteiger partial charge in [0.1, 0.15) is 0 Å². The second-order valence-electron chi connectivity index (χ2n) is 23.1. The third kappa shape index (κ3) is 140. The van der Waals surface area contributed by atoms with E-state index in [-0.39, 0.29) is 0 Å². The monoisotopic (exact) mass is 895 g/mol. The van der Waals surface area contributed by atoms with Crippen molar-refractivity contribution in [2.75, 3.05) is 0 Å². The summed E-state index contributed by atoms with van der Waals surface area (Å²) in [5.74, 6) is 10.4. The number of hydrogen-bond donors (Lipinski definition) is 0. The molecular formula is C63H138. The first kappa shape index (κ1) is 82.3. The van der Waals surface area contributed by atoms with Crippen LogP contribution in [0.2, 0.25) is 0 Å². The van der Waals surface area contributed by atoms with Crippen molar-refractivity contribution in [3.05, 3.63) is 35.9 Å². The van der Waals surface area contributed by atoms with Gasteiger partial charge in [-0.05, 0) is 89.4 Å². The molecule has 0 aliphatic heterocycles. The number of benzene rings is 1. The van der Waals surface area contributed by atoms with E-state index in [0.717, 1.165) is 71.0 Å². The summed E-state index contributed by atoms with van der Waals surface area (Å²) in [4.78, 5) is 0. The molecule has 0 amide bonds. The molecule has 0 aliphatic carbocycles. The third-order valence-electron chi connectivity index (χ3n) is 9.75. The largest absolute Gasteiger partial charge is 0.0656 e. The molecule has 0 spiro atoms. The topological polar surface area (TPSA) is 0 Å². The summed E-state index contributed by atoms with van der Waals surface area (Å²) in [7, 11) is 0. The highest BCUT2D eigenvalue weighted by atomic mass is 14.1. The van der Waals surface area contributed by atoms with Gasteiger partial charge in [-0.15, -0.1) is 0 Å². The van der Waals surface area contributed by atoms with Crippen LogP contribution in [0.5, 0.6) is 0 Å². The van der Waals surface area contributed by atoms with Crippen molar-refractivity contribution >= 4 is 0 Å². The van der Waals surface area contributed by atoms with Crippen LogP contribution >= 0.6 is 0 Å². The minimum Gasteiger partial charge on any atom is -0.0656 e. The van der Waals surface area contributed by atoms with Crippen molar-refractivity contribution in [2.45, 2.75) is 305 Å². The lowest BCUT2D eigenvalue weighted by Gasteiger charge is -2.10. The summed E-state index contributed by atoms with van der Waals surface area (Å²) in [6.45, 7) is 69.3. The lowest BCUT2D eigenvalue weighted by Crippen LogP contribution is -2.00. The smallest absolute Gasteiger partial charge is 0.0256 e. The van der Waals surface area contributed by atoms with Gasteiger partial charge in [-0.3, -0.25) is 0 Å². The second kappa shape index (κ2) is 67.8. The summed E-state index contributed by atoms with van der Waals surface area (Å²) < 4.78 is 0. The van der Waals surface area contributed by atoms with E-state index in [0.29, 0.717) is 0 Å². The van der Waals surface area contributed by atoms with Crippen LogP contribution in [0.25, 0.3) is 0 Å². The molecule has 0 heteroatoms. The standard InChI is InChI=1S/C10H14.C8H18.3C7H16.2C6H14.C5H12.C4H10.C3H8/c1-9(2)8-10-6-4-3-5-7-10;1-4-5-6-7-8(2)3;1-6(2)5-7(3)4;1-5-7(4)6(2)3;1-4-5-6-7(2)3;1-5(2)6(3)4;1-4-5-6(2)3;1-4-5(2)3;1-4(2)3;1-3-2/h3-7,9H,8H2,1-2H3;8H,4-7H2,1-3H3;2*6-7H,5H2,1-4H3;7H,4-6H2,1-3H3;5-6H,1-4H3;6H,4-5H2,1-3H3;5H,4H2,1-3H3;4H,1-3H3;3H2,1-2H3. The van der Waals surface area contributed by atoms with E-state index in [1.165, 1.54) is 95.5 Å². The predicted octanol–water partition coefficient (Wildman–Crippen LogP) is 24.2. The first-order valence-electron chi connectivity index (χ1n) is 28.0.